The average molecular weight is 392 g/mol. The third-order valence-electron chi connectivity index (χ3n) is 4.11. The minimum atomic E-state index is -1.09. The van der Waals surface area contributed by atoms with E-state index in [1.807, 2.05) is 26.0 Å². The van der Waals surface area contributed by atoms with Gasteiger partial charge >= 0.3 is 0 Å². The number of amides is 2. The number of nitrogens with one attached hydrogen (secondary N) is 2. The van der Waals surface area contributed by atoms with Crippen LogP contribution in [0.2, 0.25) is 0 Å². The Morgan fingerprint density at radius 3 is 2.11 bits per heavy atom. The highest BCUT2D eigenvalue weighted by Gasteiger charge is 2.20. The Morgan fingerprint density at radius 1 is 0.893 bits per heavy atom. The summed E-state index contributed by atoms with van der Waals surface area (Å²) in [6.07, 6.45) is -1.91. The lowest BCUT2D eigenvalue weighted by Gasteiger charge is -2.19. The van der Waals surface area contributed by atoms with E-state index in [1.165, 1.54) is 13.0 Å². The molecule has 0 aromatic heterocycles. The molecule has 0 fully saturated rings. The molecule has 2 aromatic rings. The Morgan fingerprint density at radius 2 is 1.50 bits per heavy atom. The van der Waals surface area contributed by atoms with Gasteiger partial charge in [-0.1, -0.05) is 12.1 Å². The van der Waals surface area contributed by atoms with Crippen LogP contribution in [0.5, 0.6) is 11.5 Å². The minimum Gasteiger partial charge on any atom is -0.481 e. The maximum Gasteiger partial charge on any atom is 0.279 e. The lowest BCUT2D eigenvalue weighted by molar-refractivity contribution is -0.135. The van der Waals surface area contributed by atoms with E-state index in [9.17, 15) is 18.4 Å². The topological polar surface area (TPSA) is 76.7 Å². The van der Waals surface area contributed by atoms with Gasteiger partial charge in [-0.2, -0.15) is 0 Å². The quantitative estimate of drug-likeness (QED) is 0.741. The molecular weight excluding hydrogens is 370 g/mol. The second kappa shape index (κ2) is 9.16. The van der Waals surface area contributed by atoms with E-state index in [0.29, 0.717) is 5.75 Å². The van der Waals surface area contributed by atoms with Gasteiger partial charge in [0.1, 0.15) is 11.5 Å². The number of hydrogen-bond donors (Lipinski definition) is 2. The first-order valence-electron chi connectivity index (χ1n) is 8.63. The van der Waals surface area contributed by atoms with Gasteiger partial charge in [-0.05, 0) is 57.0 Å². The molecular formula is C20H22F2N2O4. The Labute approximate surface area is 161 Å². The van der Waals surface area contributed by atoms with Crippen LogP contribution in [0.3, 0.4) is 0 Å². The largest absolute Gasteiger partial charge is 0.481 e. The highest BCUT2D eigenvalue weighted by atomic mass is 19.2. The van der Waals surface area contributed by atoms with E-state index >= 15 is 0 Å². The van der Waals surface area contributed by atoms with Gasteiger partial charge in [0.15, 0.2) is 23.8 Å². The van der Waals surface area contributed by atoms with E-state index in [4.69, 9.17) is 9.47 Å². The molecule has 2 rings (SSSR count). The van der Waals surface area contributed by atoms with Crippen molar-refractivity contribution < 1.29 is 27.8 Å². The molecule has 2 amide bonds. The van der Waals surface area contributed by atoms with Crippen molar-refractivity contribution >= 4 is 11.8 Å². The van der Waals surface area contributed by atoms with Crippen molar-refractivity contribution in [3.63, 3.8) is 0 Å². The number of hydrogen-bond acceptors (Lipinski definition) is 4. The van der Waals surface area contributed by atoms with Crippen molar-refractivity contribution in [1.29, 1.82) is 0 Å². The summed E-state index contributed by atoms with van der Waals surface area (Å²) in [4.78, 5) is 24.2. The Hall–Kier alpha value is -3.16. The molecule has 2 aromatic carbocycles. The summed E-state index contributed by atoms with van der Waals surface area (Å²) in [5.41, 5.74) is 6.40. The number of carbonyl (C=O) groups is 2. The van der Waals surface area contributed by atoms with Crippen LogP contribution in [0, 0.1) is 25.5 Å². The highest BCUT2D eigenvalue weighted by molar-refractivity contribution is 5.86. The van der Waals surface area contributed by atoms with E-state index in [1.54, 1.807) is 13.0 Å². The highest BCUT2D eigenvalue weighted by Crippen LogP contribution is 2.21. The molecule has 0 bridgehead atoms. The standard InChI is InChI=1S/C20H22F2N2O4/c1-11-6-5-7-18(12(11)2)28-14(4)20(26)24-23-19(25)13(3)27-15-8-9-16(21)17(22)10-15/h5-10,13-14H,1-4H3,(H,23,25)(H,24,26). The van der Waals surface area contributed by atoms with Gasteiger partial charge in [-0.3, -0.25) is 20.4 Å². The van der Waals surface area contributed by atoms with E-state index < -0.39 is 35.7 Å². The fourth-order valence-electron chi connectivity index (χ4n) is 2.23. The molecule has 28 heavy (non-hydrogen) atoms. The molecule has 8 heteroatoms. The van der Waals surface area contributed by atoms with Gasteiger partial charge in [-0.15, -0.1) is 0 Å². The van der Waals surface area contributed by atoms with Gasteiger partial charge in [0.05, 0.1) is 0 Å². The summed E-state index contributed by atoms with van der Waals surface area (Å²) in [5, 5.41) is 0. The lowest BCUT2D eigenvalue weighted by atomic mass is 10.1. The van der Waals surface area contributed by atoms with Crippen LogP contribution >= 0.6 is 0 Å². The fourth-order valence-corrected chi connectivity index (χ4v) is 2.23. The van der Waals surface area contributed by atoms with Crippen LogP contribution in [0.15, 0.2) is 36.4 Å². The Bertz CT molecular complexity index is 873. The predicted octanol–water partition coefficient (Wildman–Crippen LogP) is 2.96. The van der Waals surface area contributed by atoms with Gasteiger partial charge in [-0.25, -0.2) is 8.78 Å². The summed E-state index contributed by atoms with van der Waals surface area (Å²) in [6, 6.07) is 8.42. The molecule has 0 saturated heterocycles. The number of rotatable bonds is 6. The van der Waals surface area contributed by atoms with Gasteiger partial charge < -0.3 is 9.47 Å². The molecule has 150 valence electrons. The van der Waals surface area contributed by atoms with E-state index in [2.05, 4.69) is 10.9 Å². The van der Waals surface area contributed by atoms with Crippen molar-refractivity contribution in [1.82, 2.24) is 10.9 Å². The Kier molecular flexibility index (Phi) is 6.92. The number of benzene rings is 2. The van der Waals surface area contributed by atoms with Gasteiger partial charge in [0.25, 0.3) is 11.8 Å². The third-order valence-corrected chi connectivity index (χ3v) is 4.11. The second-order valence-corrected chi connectivity index (χ2v) is 6.27. The molecule has 0 radical (unpaired) electrons. The zero-order valence-corrected chi connectivity index (χ0v) is 16.0. The van der Waals surface area contributed by atoms with Crippen molar-refractivity contribution in [2.24, 2.45) is 0 Å². The van der Waals surface area contributed by atoms with Crippen LogP contribution in [-0.2, 0) is 9.59 Å². The fraction of sp³-hybridized carbons (Fsp3) is 0.300. The number of aryl methyl sites for hydroxylation is 1. The number of ether oxygens (including phenoxy) is 2. The molecule has 6 nitrogen and oxygen atoms in total. The predicted molar refractivity (Wildman–Crippen MR) is 98.7 cm³/mol. The van der Waals surface area contributed by atoms with Crippen LogP contribution in [0.1, 0.15) is 25.0 Å². The first-order chi connectivity index (χ1) is 13.2. The normalized spacial score (nSPS) is 12.6. The maximum atomic E-state index is 13.2. The van der Waals surface area contributed by atoms with Crippen molar-refractivity contribution in [2.45, 2.75) is 39.9 Å². The van der Waals surface area contributed by atoms with Crippen LogP contribution in [0.4, 0.5) is 8.78 Å². The van der Waals surface area contributed by atoms with Crippen LogP contribution in [-0.4, -0.2) is 24.0 Å². The van der Waals surface area contributed by atoms with E-state index in [-0.39, 0.29) is 5.75 Å². The molecule has 2 atom stereocenters. The summed E-state index contributed by atoms with van der Waals surface area (Å²) >= 11 is 0. The number of carbonyl (C=O) groups excluding carboxylic acids is 2. The van der Waals surface area contributed by atoms with Gasteiger partial charge in [0, 0.05) is 6.07 Å². The maximum absolute atomic E-state index is 13.2. The monoisotopic (exact) mass is 392 g/mol. The zero-order valence-electron chi connectivity index (χ0n) is 16.0. The molecule has 2 unspecified atom stereocenters. The summed E-state index contributed by atoms with van der Waals surface area (Å²) in [5.74, 6) is -2.78. The van der Waals surface area contributed by atoms with E-state index in [0.717, 1.165) is 23.3 Å². The first kappa shape index (κ1) is 21.1. The molecule has 0 aliphatic heterocycles. The average Bonchev–Trinajstić information content (AvgIpc) is 2.66. The molecule has 0 saturated carbocycles. The van der Waals surface area contributed by atoms with Crippen molar-refractivity contribution in [3.8, 4) is 11.5 Å². The summed E-state index contributed by atoms with van der Waals surface area (Å²) < 4.78 is 37.0. The number of halogens is 2. The van der Waals surface area contributed by atoms with Gasteiger partial charge in [0.2, 0.25) is 0 Å². The Balaban J connectivity index is 1.85. The molecule has 0 heterocycles. The summed E-state index contributed by atoms with van der Waals surface area (Å²) in [7, 11) is 0. The third kappa shape index (κ3) is 5.42. The SMILES string of the molecule is Cc1cccc(OC(C)C(=O)NNC(=O)C(C)Oc2ccc(F)c(F)c2)c1C. The summed E-state index contributed by atoms with van der Waals surface area (Å²) in [6.45, 7) is 6.76. The molecule has 0 spiro atoms. The lowest BCUT2D eigenvalue weighted by Crippen LogP contribution is -2.50. The minimum absolute atomic E-state index is 0.0144. The van der Waals surface area contributed by atoms with Crippen molar-refractivity contribution in [3.05, 3.63) is 59.2 Å². The van der Waals surface area contributed by atoms with Crippen LogP contribution in [0.25, 0.3) is 0 Å². The smallest absolute Gasteiger partial charge is 0.279 e. The molecule has 0 aliphatic carbocycles. The first-order valence-corrected chi connectivity index (χ1v) is 8.63. The second-order valence-electron chi connectivity index (χ2n) is 6.27. The van der Waals surface area contributed by atoms with Crippen molar-refractivity contribution in [2.75, 3.05) is 0 Å². The van der Waals surface area contributed by atoms with Crippen LogP contribution < -0.4 is 20.3 Å². The number of hydrazine groups is 1. The molecule has 2 N–H and O–H groups in total. The zero-order chi connectivity index (χ0) is 20.8. The molecule has 0 aliphatic rings.